The van der Waals surface area contributed by atoms with Crippen LogP contribution < -0.4 is 0 Å². The number of rotatable bonds is 47. The van der Waals surface area contributed by atoms with Crippen molar-refractivity contribution in [3.05, 3.63) is 0 Å². The maximum Gasteiger partial charge on any atom is 0.306 e. The molecule has 0 unspecified atom stereocenters. The van der Waals surface area contributed by atoms with E-state index in [0.29, 0.717) is 19.3 Å². The lowest BCUT2D eigenvalue weighted by atomic mass is 10.0. The molecule has 0 fully saturated rings. The van der Waals surface area contributed by atoms with Gasteiger partial charge in [0, 0.05) is 19.3 Å². The van der Waals surface area contributed by atoms with Gasteiger partial charge in [0.1, 0.15) is 13.2 Å². The van der Waals surface area contributed by atoms with Crippen LogP contribution in [0.2, 0.25) is 0 Å². The Hall–Kier alpha value is -1.59. The van der Waals surface area contributed by atoms with Gasteiger partial charge < -0.3 is 14.2 Å². The first kappa shape index (κ1) is 57.4. The summed E-state index contributed by atoms with van der Waals surface area (Å²) in [5.41, 5.74) is 0. The summed E-state index contributed by atoms with van der Waals surface area (Å²) in [6, 6.07) is 0. The van der Waals surface area contributed by atoms with Crippen molar-refractivity contribution in [1.29, 1.82) is 0 Å². The van der Waals surface area contributed by atoms with Crippen LogP contribution in [0.3, 0.4) is 0 Å². The van der Waals surface area contributed by atoms with Crippen LogP contribution in [0.5, 0.6) is 0 Å². The summed E-state index contributed by atoms with van der Waals surface area (Å²) in [6.45, 7) is 11.4. The Morgan fingerprint density at radius 3 is 0.831 bits per heavy atom. The second kappa shape index (κ2) is 45.9. The monoisotopic (exact) mass is 835 g/mol. The first-order chi connectivity index (χ1) is 28.7. The Kier molecular flexibility index (Phi) is 44.7. The zero-order valence-electron chi connectivity index (χ0n) is 40.4. The summed E-state index contributed by atoms with van der Waals surface area (Å²) in [6.07, 6.45) is 46.6. The van der Waals surface area contributed by atoms with Gasteiger partial charge in [-0.05, 0) is 31.1 Å². The van der Waals surface area contributed by atoms with Gasteiger partial charge in [0.2, 0.25) is 0 Å². The van der Waals surface area contributed by atoms with E-state index in [4.69, 9.17) is 14.2 Å². The number of hydrogen-bond acceptors (Lipinski definition) is 6. The SMILES string of the molecule is CCCCCCCCCCCCCC(=O)OC[C@@H](COC(=O)CCCCCCCCCCCCCC(C)C)OC(=O)CCCCCCCCCCCCCCCC(C)C. The van der Waals surface area contributed by atoms with E-state index in [2.05, 4.69) is 34.6 Å². The van der Waals surface area contributed by atoms with Crippen molar-refractivity contribution >= 4 is 17.9 Å². The van der Waals surface area contributed by atoms with E-state index >= 15 is 0 Å². The lowest BCUT2D eigenvalue weighted by Crippen LogP contribution is -2.30. The van der Waals surface area contributed by atoms with Crippen molar-refractivity contribution in [1.82, 2.24) is 0 Å². The van der Waals surface area contributed by atoms with E-state index in [-0.39, 0.29) is 31.1 Å². The second-order valence-corrected chi connectivity index (χ2v) is 19.1. The van der Waals surface area contributed by atoms with Crippen LogP contribution in [0.25, 0.3) is 0 Å². The molecule has 0 aliphatic rings. The van der Waals surface area contributed by atoms with Gasteiger partial charge in [-0.1, -0.05) is 253 Å². The normalized spacial score (nSPS) is 12.1. The molecule has 0 aromatic heterocycles. The fraction of sp³-hybridized carbons (Fsp3) is 0.943. The third-order valence-corrected chi connectivity index (χ3v) is 12.0. The highest BCUT2D eigenvalue weighted by Crippen LogP contribution is 2.17. The van der Waals surface area contributed by atoms with Crippen molar-refractivity contribution in [3.8, 4) is 0 Å². The largest absolute Gasteiger partial charge is 0.462 e. The molecular weight excluding hydrogens is 733 g/mol. The van der Waals surface area contributed by atoms with Crippen LogP contribution in [0.1, 0.15) is 291 Å². The average Bonchev–Trinajstić information content (AvgIpc) is 3.20. The smallest absolute Gasteiger partial charge is 0.306 e. The highest BCUT2D eigenvalue weighted by molar-refractivity contribution is 5.71. The van der Waals surface area contributed by atoms with Gasteiger partial charge in [-0.2, -0.15) is 0 Å². The Morgan fingerprint density at radius 1 is 0.322 bits per heavy atom. The van der Waals surface area contributed by atoms with Gasteiger partial charge in [0.25, 0.3) is 0 Å². The van der Waals surface area contributed by atoms with E-state index in [9.17, 15) is 14.4 Å². The lowest BCUT2D eigenvalue weighted by molar-refractivity contribution is -0.167. The summed E-state index contributed by atoms with van der Waals surface area (Å²) in [4.78, 5) is 37.9. The van der Waals surface area contributed by atoms with E-state index in [1.54, 1.807) is 0 Å². The minimum absolute atomic E-state index is 0.0635. The second-order valence-electron chi connectivity index (χ2n) is 19.1. The maximum absolute atomic E-state index is 12.8. The fourth-order valence-corrected chi connectivity index (χ4v) is 7.99. The maximum atomic E-state index is 12.8. The summed E-state index contributed by atoms with van der Waals surface area (Å²) in [7, 11) is 0. The van der Waals surface area contributed by atoms with Crippen LogP contribution in [0.4, 0.5) is 0 Å². The number of hydrogen-bond donors (Lipinski definition) is 0. The third kappa shape index (κ3) is 47.3. The first-order valence-corrected chi connectivity index (χ1v) is 26.2. The Labute approximate surface area is 368 Å². The molecule has 0 saturated carbocycles. The standard InChI is InChI=1S/C53H102O6/c1-6-7-8-9-10-11-16-23-28-33-38-43-51(54)57-46-50(47-58-52(55)44-39-34-29-24-20-15-18-22-27-32-37-42-49(4)5)59-53(56)45-40-35-30-25-19-14-12-13-17-21-26-31-36-41-48(2)3/h48-50H,6-47H2,1-5H3/t50-/m0/s1. The molecule has 0 rings (SSSR count). The van der Waals surface area contributed by atoms with Crippen LogP contribution in [0.15, 0.2) is 0 Å². The quantitative estimate of drug-likeness (QED) is 0.0345. The summed E-state index contributed by atoms with van der Waals surface area (Å²) >= 11 is 0. The van der Waals surface area contributed by atoms with E-state index in [1.165, 1.54) is 180 Å². The van der Waals surface area contributed by atoms with Gasteiger partial charge in [-0.25, -0.2) is 0 Å². The molecule has 0 radical (unpaired) electrons. The molecule has 0 aromatic carbocycles. The van der Waals surface area contributed by atoms with Crippen molar-refractivity contribution in [2.24, 2.45) is 11.8 Å². The molecule has 350 valence electrons. The highest BCUT2D eigenvalue weighted by atomic mass is 16.6. The van der Waals surface area contributed by atoms with Crippen molar-refractivity contribution < 1.29 is 28.6 Å². The van der Waals surface area contributed by atoms with Crippen LogP contribution >= 0.6 is 0 Å². The molecule has 0 aliphatic carbocycles. The van der Waals surface area contributed by atoms with Crippen LogP contribution in [-0.2, 0) is 28.6 Å². The van der Waals surface area contributed by atoms with E-state index in [1.807, 2.05) is 0 Å². The van der Waals surface area contributed by atoms with Gasteiger partial charge in [0.15, 0.2) is 6.10 Å². The number of carbonyl (C=O) groups is 3. The number of esters is 3. The number of ether oxygens (including phenoxy) is 3. The van der Waals surface area contributed by atoms with Crippen LogP contribution in [0, 0.1) is 11.8 Å². The molecule has 0 bridgehead atoms. The van der Waals surface area contributed by atoms with Gasteiger partial charge in [-0.3, -0.25) is 14.4 Å². The molecular formula is C53H102O6. The Balaban J connectivity index is 4.30. The van der Waals surface area contributed by atoms with Crippen molar-refractivity contribution in [2.75, 3.05) is 13.2 Å². The zero-order chi connectivity index (χ0) is 43.3. The summed E-state index contributed by atoms with van der Waals surface area (Å²) in [5, 5.41) is 0. The predicted octanol–water partition coefficient (Wildman–Crippen LogP) is 16.9. The Morgan fingerprint density at radius 2 is 0.559 bits per heavy atom. The van der Waals surface area contributed by atoms with Gasteiger partial charge in [-0.15, -0.1) is 0 Å². The minimum atomic E-state index is -0.761. The highest BCUT2D eigenvalue weighted by Gasteiger charge is 2.19. The molecule has 0 saturated heterocycles. The molecule has 0 amide bonds. The third-order valence-electron chi connectivity index (χ3n) is 12.0. The molecule has 6 heteroatoms. The average molecular weight is 835 g/mol. The molecule has 1 atom stereocenters. The fourth-order valence-electron chi connectivity index (χ4n) is 7.99. The topological polar surface area (TPSA) is 78.9 Å². The molecule has 6 nitrogen and oxygen atoms in total. The molecule has 59 heavy (non-hydrogen) atoms. The molecule has 0 spiro atoms. The molecule has 0 aromatic rings. The van der Waals surface area contributed by atoms with Crippen molar-refractivity contribution in [3.63, 3.8) is 0 Å². The number of carbonyl (C=O) groups excluding carboxylic acids is 3. The molecule has 0 heterocycles. The number of unbranched alkanes of at least 4 members (excludes halogenated alkanes) is 32. The summed E-state index contributed by atoms with van der Waals surface area (Å²) in [5.74, 6) is 0.818. The van der Waals surface area contributed by atoms with Crippen molar-refractivity contribution in [2.45, 2.75) is 298 Å². The first-order valence-electron chi connectivity index (χ1n) is 26.2. The molecule has 0 N–H and O–H groups in total. The summed E-state index contributed by atoms with van der Waals surface area (Å²) < 4.78 is 16.8. The zero-order valence-corrected chi connectivity index (χ0v) is 40.4. The van der Waals surface area contributed by atoms with Crippen LogP contribution in [-0.4, -0.2) is 37.2 Å². The Bertz CT molecular complexity index is 900. The van der Waals surface area contributed by atoms with Gasteiger partial charge in [0.05, 0.1) is 0 Å². The van der Waals surface area contributed by atoms with Gasteiger partial charge >= 0.3 is 17.9 Å². The lowest BCUT2D eigenvalue weighted by Gasteiger charge is -2.18. The molecule has 0 aliphatic heterocycles. The van der Waals surface area contributed by atoms with E-state index in [0.717, 1.165) is 69.6 Å². The van der Waals surface area contributed by atoms with E-state index < -0.39 is 6.10 Å². The minimum Gasteiger partial charge on any atom is -0.462 e. The predicted molar refractivity (Wildman–Crippen MR) is 252 cm³/mol.